The first kappa shape index (κ1) is 7.75. The van der Waals surface area contributed by atoms with Gasteiger partial charge in [-0.3, -0.25) is 0 Å². The number of nitrogens with zero attached hydrogens (tertiary/aromatic N) is 1. The first-order valence-electron chi connectivity index (χ1n) is 3.08. The third-order valence-corrected chi connectivity index (χ3v) is 1.54. The van der Waals surface area contributed by atoms with E-state index >= 15 is 0 Å². The van der Waals surface area contributed by atoms with Crippen LogP contribution in [0.25, 0.3) is 0 Å². The average Bonchev–Trinajstić information content (AvgIpc) is 2.31. The zero-order valence-electron chi connectivity index (χ0n) is 5.72. The van der Waals surface area contributed by atoms with E-state index in [-0.39, 0.29) is 0 Å². The molecule has 56 valence electrons. The third kappa shape index (κ3) is 2.11. The van der Waals surface area contributed by atoms with Gasteiger partial charge in [-0.05, 0) is 23.0 Å². The molecular formula is C6H9BrN2O. The molecule has 0 radical (unpaired) electrons. The minimum absolute atomic E-state index is 0.693. The van der Waals surface area contributed by atoms with Crippen LogP contribution in [0.2, 0.25) is 0 Å². The molecule has 0 aliphatic heterocycles. The fraction of sp³-hybridized carbons (Fsp3) is 0.500. The van der Waals surface area contributed by atoms with E-state index in [2.05, 4.69) is 26.4 Å². The van der Waals surface area contributed by atoms with Crippen LogP contribution in [0, 0.1) is 0 Å². The smallest absolute Gasteiger partial charge is 0.202 e. The number of hydrogen-bond donors (Lipinski definition) is 1. The second-order valence-electron chi connectivity index (χ2n) is 1.98. The highest BCUT2D eigenvalue weighted by atomic mass is 79.9. The summed E-state index contributed by atoms with van der Waals surface area (Å²) >= 11 is 3.17. The van der Waals surface area contributed by atoms with Gasteiger partial charge in [0.05, 0.1) is 5.69 Å². The molecule has 0 bridgehead atoms. The molecule has 1 aromatic rings. The summed E-state index contributed by atoms with van der Waals surface area (Å²) in [6, 6.07) is 1.87. The summed E-state index contributed by atoms with van der Waals surface area (Å²) in [6.07, 6.45) is 0.908. The van der Waals surface area contributed by atoms with Gasteiger partial charge in [0, 0.05) is 19.0 Å². The molecule has 0 aliphatic rings. The Morgan fingerprint density at radius 3 is 3.10 bits per heavy atom. The summed E-state index contributed by atoms with van der Waals surface area (Å²) in [5, 5.41) is 6.82. The quantitative estimate of drug-likeness (QED) is 0.805. The van der Waals surface area contributed by atoms with Crippen LogP contribution in [0.1, 0.15) is 5.69 Å². The molecule has 0 spiro atoms. The van der Waals surface area contributed by atoms with E-state index in [0.717, 1.165) is 18.7 Å². The highest BCUT2D eigenvalue weighted by Crippen LogP contribution is 2.10. The van der Waals surface area contributed by atoms with Crippen molar-refractivity contribution in [3.63, 3.8) is 0 Å². The van der Waals surface area contributed by atoms with Gasteiger partial charge in [0.25, 0.3) is 0 Å². The maximum atomic E-state index is 4.80. The largest absolute Gasteiger partial charge is 0.349 e. The van der Waals surface area contributed by atoms with Crippen molar-refractivity contribution < 1.29 is 4.52 Å². The zero-order valence-corrected chi connectivity index (χ0v) is 7.31. The summed E-state index contributed by atoms with van der Waals surface area (Å²) in [4.78, 5) is 0. The van der Waals surface area contributed by atoms with Crippen LogP contribution in [0.4, 0.5) is 0 Å². The molecule has 0 aliphatic carbocycles. The Balaban J connectivity index is 2.42. The van der Waals surface area contributed by atoms with Crippen molar-refractivity contribution in [3.8, 4) is 0 Å². The molecule has 1 heterocycles. The van der Waals surface area contributed by atoms with Crippen LogP contribution in [0.5, 0.6) is 0 Å². The van der Waals surface area contributed by atoms with E-state index in [0.29, 0.717) is 4.67 Å². The lowest BCUT2D eigenvalue weighted by Gasteiger charge is -1.90. The SMILES string of the molecule is CNCCc1cc(Br)on1. The first-order chi connectivity index (χ1) is 4.83. The number of likely N-dealkylation sites (N-methyl/N-ethyl adjacent to an activating group) is 1. The molecule has 0 aromatic carbocycles. The van der Waals surface area contributed by atoms with Gasteiger partial charge in [-0.2, -0.15) is 0 Å². The van der Waals surface area contributed by atoms with Gasteiger partial charge in [-0.1, -0.05) is 5.16 Å². The zero-order chi connectivity index (χ0) is 7.40. The number of nitrogens with one attached hydrogen (secondary N) is 1. The Kier molecular flexibility index (Phi) is 2.89. The summed E-state index contributed by atoms with van der Waals surface area (Å²) in [7, 11) is 1.91. The van der Waals surface area contributed by atoms with Crippen molar-refractivity contribution in [2.75, 3.05) is 13.6 Å². The predicted molar refractivity (Wildman–Crippen MR) is 41.8 cm³/mol. The monoisotopic (exact) mass is 204 g/mol. The van der Waals surface area contributed by atoms with Crippen molar-refractivity contribution in [1.82, 2.24) is 10.5 Å². The minimum Gasteiger partial charge on any atom is -0.349 e. The first-order valence-corrected chi connectivity index (χ1v) is 3.88. The van der Waals surface area contributed by atoms with Gasteiger partial charge in [0.15, 0.2) is 0 Å². The molecule has 1 N–H and O–H groups in total. The maximum Gasteiger partial charge on any atom is 0.202 e. The predicted octanol–water partition coefficient (Wildman–Crippen LogP) is 1.20. The van der Waals surface area contributed by atoms with Crippen LogP contribution < -0.4 is 5.32 Å². The van der Waals surface area contributed by atoms with Crippen molar-refractivity contribution in [2.45, 2.75) is 6.42 Å². The molecule has 0 saturated carbocycles. The summed E-state index contributed by atoms with van der Waals surface area (Å²) in [5.41, 5.74) is 0.973. The van der Waals surface area contributed by atoms with Gasteiger partial charge in [0.1, 0.15) is 0 Å². The fourth-order valence-corrected chi connectivity index (χ4v) is 0.993. The maximum absolute atomic E-state index is 4.80. The van der Waals surface area contributed by atoms with Crippen molar-refractivity contribution >= 4 is 15.9 Å². The standard InChI is InChI=1S/C6H9BrN2O/c1-8-3-2-5-4-6(7)10-9-5/h4,8H,2-3H2,1H3. The van der Waals surface area contributed by atoms with E-state index in [4.69, 9.17) is 4.52 Å². The molecule has 0 amide bonds. The van der Waals surface area contributed by atoms with Crippen LogP contribution in [-0.2, 0) is 6.42 Å². The van der Waals surface area contributed by atoms with Crippen LogP contribution in [0.15, 0.2) is 15.3 Å². The molecule has 0 fully saturated rings. The van der Waals surface area contributed by atoms with Crippen LogP contribution in [-0.4, -0.2) is 18.7 Å². The lowest BCUT2D eigenvalue weighted by molar-refractivity contribution is 0.392. The average molecular weight is 205 g/mol. The summed E-state index contributed by atoms with van der Waals surface area (Å²) in [5.74, 6) is 0. The van der Waals surface area contributed by atoms with E-state index < -0.39 is 0 Å². The number of aromatic nitrogens is 1. The lowest BCUT2D eigenvalue weighted by atomic mass is 10.3. The van der Waals surface area contributed by atoms with Crippen molar-refractivity contribution in [3.05, 3.63) is 16.4 Å². The van der Waals surface area contributed by atoms with Crippen LogP contribution >= 0.6 is 15.9 Å². The highest BCUT2D eigenvalue weighted by molar-refractivity contribution is 9.10. The molecule has 10 heavy (non-hydrogen) atoms. The van der Waals surface area contributed by atoms with Crippen molar-refractivity contribution in [1.29, 1.82) is 0 Å². The molecule has 0 saturated heterocycles. The fourth-order valence-electron chi connectivity index (χ4n) is 0.657. The lowest BCUT2D eigenvalue weighted by Crippen LogP contribution is -2.10. The Bertz CT molecular complexity index is 199. The highest BCUT2D eigenvalue weighted by Gasteiger charge is 1.98. The van der Waals surface area contributed by atoms with E-state index in [1.807, 2.05) is 13.1 Å². The van der Waals surface area contributed by atoms with Gasteiger partial charge >= 0.3 is 0 Å². The Morgan fingerprint density at radius 2 is 2.60 bits per heavy atom. The molecule has 1 rings (SSSR count). The van der Waals surface area contributed by atoms with Crippen molar-refractivity contribution in [2.24, 2.45) is 0 Å². The van der Waals surface area contributed by atoms with Gasteiger partial charge in [0.2, 0.25) is 4.67 Å². The second-order valence-corrected chi connectivity index (χ2v) is 2.76. The molecule has 0 unspecified atom stereocenters. The minimum atomic E-state index is 0.693. The molecule has 0 atom stereocenters. The normalized spacial score (nSPS) is 10.2. The van der Waals surface area contributed by atoms with Gasteiger partial charge in [-0.25, -0.2) is 0 Å². The van der Waals surface area contributed by atoms with Gasteiger partial charge in [-0.15, -0.1) is 0 Å². The number of hydrogen-bond acceptors (Lipinski definition) is 3. The molecule has 3 nitrogen and oxygen atoms in total. The number of halogens is 1. The van der Waals surface area contributed by atoms with E-state index in [1.54, 1.807) is 0 Å². The molecule has 1 aromatic heterocycles. The second kappa shape index (κ2) is 3.73. The van der Waals surface area contributed by atoms with E-state index in [1.165, 1.54) is 0 Å². The third-order valence-electron chi connectivity index (χ3n) is 1.16. The molecular weight excluding hydrogens is 196 g/mol. The van der Waals surface area contributed by atoms with Gasteiger partial charge < -0.3 is 9.84 Å². The van der Waals surface area contributed by atoms with E-state index in [9.17, 15) is 0 Å². The van der Waals surface area contributed by atoms with Crippen LogP contribution in [0.3, 0.4) is 0 Å². The number of rotatable bonds is 3. The molecule has 4 heteroatoms. The Morgan fingerprint density at radius 1 is 1.80 bits per heavy atom. The summed E-state index contributed by atoms with van der Waals surface area (Å²) in [6.45, 7) is 0.930. The summed E-state index contributed by atoms with van der Waals surface area (Å²) < 4.78 is 5.49. The topological polar surface area (TPSA) is 38.1 Å². The Labute approximate surface area is 67.9 Å². The Hall–Kier alpha value is -0.350.